The summed E-state index contributed by atoms with van der Waals surface area (Å²) in [7, 11) is 0. The summed E-state index contributed by atoms with van der Waals surface area (Å²) in [6.07, 6.45) is 0. The lowest BCUT2D eigenvalue weighted by atomic mass is 10.1. The number of para-hydroxylation sites is 1. The number of thioether (sulfide) groups is 1. The normalized spacial score (nSPS) is 21.5. The van der Waals surface area contributed by atoms with Crippen molar-refractivity contribution in [2.75, 3.05) is 11.4 Å². The van der Waals surface area contributed by atoms with Gasteiger partial charge in [0, 0.05) is 12.1 Å². The Morgan fingerprint density at radius 2 is 1.96 bits per heavy atom. The fourth-order valence-electron chi connectivity index (χ4n) is 2.79. The maximum Gasteiger partial charge on any atom is 0.326 e. The average molecular weight is 362 g/mol. The molecule has 8 heteroatoms. The molecule has 0 saturated carbocycles. The Bertz CT molecular complexity index is 818. The van der Waals surface area contributed by atoms with Crippen molar-refractivity contribution in [1.82, 2.24) is 4.90 Å². The first-order valence-corrected chi connectivity index (χ1v) is 8.54. The van der Waals surface area contributed by atoms with Crippen LogP contribution >= 0.6 is 24.0 Å². The van der Waals surface area contributed by atoms with Gasteiger partial charge < -0.3 is 10.0 Å². The number of benzene rings is 1. The number of carboxylic acid groups (broad SMARTS) is 1. The summed E-state index contributed by atoms with van der Waals surface area (Å²) in [5.41, 5.74) is 1.72. The van der Waals surface area contributed by atoms with Gasteiger partial charge >= 0.3 is 5.97 Å². The predicted octanol–water partition coefficient (Wildman–Crippen LogP) is 2.10. The minimum absolute atomic E-state index is 0.151. The smallest absolute Gasteiger partial charge is 0.326 e. The molecule has 1 unspecified atom stereocenters. The first kappa shape index (κ1) is 16.7. The molecule has 6 nitrogen and oxygen atoms in total. The molecule has 2 heterocycles. The van der Waals surface area contributed by atoms with Crippen molar-refractivity contribution >= 4 is 57.3 Å². The van der Waals surface area contributed by atoms with Crippen molar-refractivity contribution in [2.45, 2.75) is 19.9 Å². The fourth-order valence-corrected chi connectivity index (χ4v) is 4.28. The SMILES string of the molecule is CCN1C(=O)/C(=C2\SC(=S)N(C(C)C(=O)O)C2=O)c2ccccc21. The van der Waals surface area contributed by atoms with Gasteiger partial charge in [0.25, 0.3) is 11.8 Å². The third-order valence-electron chi connectivity index (χ3n) is 4.01. The number of amides is 2. The van der Waals surface area contributed by atoms with Crippen LogP contribution in [0.4, 0.5) is 5.69 Å². The van der Waals surface area contributed by atoms with Crippen LogP contribution in [0.5, 0.6) is 0 Å². The number of hydrogen-bond acceptors (Lipinski definition) is 5. The van der Waals surface area contributed by atoms with Gasteiger partial charge in [-0.15, -0.1) is 0 Å². The number of thiocarbonyl (C=S) groups is 1. The standard InChI is InChI=1S/C16H14N2O4S2/c1-3-17-10-7-5-4-6-9(10)11(13(17)19)12-14(20)18(16(23)24-12)8(2)15(21)22/h4-8H,3H2,1-2H3,(H,21,22)/b12-11-. The molecule has 1 saturated heterocycles. The summed E-state index contributed by atoms with van der Waals surface area (Å²) in [5.74, 6) is -1.94. The Balaban J connectivity index is 2.14. The van der Waals surface area contributed by atoms with Crippen LogP contribution in [0.25, 0.3) is 5.57 Å². The first-order chi connectivity index (χ1) is 11.4. The molecule has 1 N–H and O–H groups in total. The largest absolute Gasteiger partial charge is 0.480 e. The van der Waals surface area contributed by atoms with Crippen molar-refractivity contribution in [1.29, 1.82) is 0 Å². The Labute approximate surface area is 148 Å². The lowest BCUT2D eigenvalue weighted by Gasteiger charge is -2.18. The zero-order valence-corrected chi connectivity index (χ0v) is 14.6. The third kappa shape index (κ3) is 2.33. The number of anilines is 1. The molecule has 1 atom stereocenters. The molecule has 3 rings (SSSR count). The van der Waals surface area contributed by atoms with E-state index in [4.69, 9.17) is 17.3 Å². The molecule has 2 aliphatic heterocycles. The van der Waals surface area contributed by atoms with E-state index in [1.165, 1.54) is 6.92 Å². The number of carbonyl (C=O) groups excluding carboxylic acids is 2. The zero-order valence-electron chi connectivity index (χ0n) is 13.0. The molecule has 0 spiro atoms. The Morgan fingerprint density at radius 1 is 1.29 bits per heavy atom. The van der Waals surface area contributed by atoms with Crippen LogP contribution in [0.15, 0.2) is 29.2 Å². The quantitative estimate of drug-likeness (QED) is 0.655. The van der Waals surface area contributed by atoms with Crippen molar-refractivity contribution in [3.05, 3.63) is 34.7 Å². The van der Waals surface area contributed by atoms with E-state index in [-0.39, 0.29) is 15.1 Å². The molecule has 1 fully saturated rings. The molecule has 0 radical (unpaired) electrons. The second-order valence-electron chi connectivity index (χ2n) is 5.33. The highest BCUT2D eigenvalue weighted by Gasteiger charge is 2.44. The van der Waals surface area contributed by atoms with Gasteiger partial charge in [-0.05, 0) is 19.9 Å². The van der Waals surface area contributed by atoms with Crippen LogP contribution < -0.4 is 4.90 Å². The maximum atomic E-state index is 12.8. The van der Waals surface area contributed by atoms with Gasteiger partial charge in [-0.25, -0.2) is 4.79 Å². The van der Waals surface area contributed by atoms with Gasteiger partial charge in [0.1, 0.15) is 10.4 Å². The highest BCUT2D eigenvalue weighted by molar-refractivity contribution is 8.26. The monoisotopic (exact) mass is 362 g/mol. The van der Waals surface area contributed by atoms with Gasteiger partial charge in [0.2, 0.25) is 0 Å². The highest BCUT2D eigenvalue weighted by Crippen LogP contribution is 2.44. The van der Waals surface area contributed by atoms with E-state index < -0.39 is 17.9 Å². The minimum atomic E-state index is -1.15. The molecule has 2 amide bonds. The Morgan fingerprint density at radius 3 is 2.58 bits per heavy atom. The number of hydrogen-bond donors (Lipinski definition) is 1. The molecule has 0 aliphatic carbocycles. The minimum Gasteiger partial charge on any atom is -0.480 e. The number of likely N-dealkylation sites (N-methyl/N-ethyl adjacent to an activating group) is 1. The second kappa shape index (κ2) is 6.03. The van der Waals surface area contributed by atoms with E-state index in [1.807, 2.05) is 19.1 Å². The first-order valence-electron chi connectivity index (χ1n) is 7.32. The van der Waals surface area contributed by atoms with Gasteiger partial charge in [0.15, 0.2) is 0 Å². The van der Waals surface area contributed by atoms with E-state index in [1.54, 1.807) is 17.0 Å². The number of aliphatic carboxylic acids is 1. The molecule has 2 aliphatic rings. The van der Waals surface area contributed by atoms with E-state index >= 15 is 0 Å². The average Bonchev–Trinajstić information content (AvgIpc) is 2.99. The second-order valence-corrected chi connectivity index (χ2v) is 6.97. The molecule has 0 bridgehead atoms. The number of rotatable bonds is 3. The summed E-state index contributed by atoms with van der Waals surface area (Å²) in [6, 6.07) is 6.15. The number of carbonyl (C=O) groups is 3. The van der Waals surface area contributed by atoms with Crippen molar-refractivity contribution in [3.63, 3.8) is 0 Å². The van der Waals surface area contributed by atoms with Crippen LogP contribution in [-0.4, -0.2) is 44.7 Å². The van der Waals surface area contributed by atoms with Gasteiger partial charge in [-0.2, -0.15) is 0 Å². The van der Waals surface area contributed by atoms with Crippen LogP contribution in [0.3, 0.4) is 0 Å². The van der Waals surface area contributed by atoms with Gasteiger partial charge in [-0.3, -0.25) is 14.5 Å². The van der Waals surface area contributed by atoms with Crippen molar-refractivity contribution in [3.8, 4) is 0 Å². The molecule has 124 valence electrons. The highest BCUT2D eigenvalue weighted by atomic mass is 32.2. The lowest BCUT2D eigenvalue weighted by molar-refractivity contribution is -0.144. The van der Waals surface area contributed by atoms with Gasteiger partial charge in [0.05, 0.1) is 16.2 Å². The van der Waals surface area contributed by atoms with E-state index in [0.29, 0.717) is 17.7 Å². The van der Waals surface area contributed by atoms with Crippen LogP contribution in [0, 0.1) is 0 Å². The molecular weight excluding hydrogens is 348 g/mol. The summed E-state index contributed by atoms with van der Waals surface area (Å²) >= 11 is 6.15. The molecular formula is C16H14N2O4S2. The number of carboxylic acids is 1. The zero-order chi connectivity index (χ0) is 17.6. The number of fused-ring (bicyclic) bond motifs is 1. The molecule has 1 aromatic carbocycles. The van der Waals surface area contributed by atoms with Crippen LogP contribution in [-0.2, 0) is 14.4 Å². The third-order valence-corrected chi connectivity index (χ3v) is 5.41. The van der Waals surface area contributed by atoms with Crippen molar-refractivity contribution in [2.24, 2.45) is 0 Å². The summed E-state index contributed by atoms with van der Waals surface area (Å²) in [5, 5.41) is 9.17. The van der Waals surface area contributed by atoms with E-state index in [9.17, 15) is 14.4 Å². The summed E-state index contributed by atoms with van der Waals surface area (Å²) < 4.78 is 0.151. The van der Waals surface area contributed by atoms with Crippen LogP contribution in [0.1, 0.15) is 19.4 Å². The van der Waals surface area contributed by atoms with Gasteiger partial charge in [-0.1, -0.05) is 42.2 Å². The molecule has 0 aromatic heterocycles. The topological polar surface area (TPSA) is 77.9 Å². The van der Waals surface area contributed by atoms with Crippen LogP contribution in [0.2, 0.25) is 0 Å². The summed E-state index contributed by atoms with van der Waals surface area (Å²) in [4.78, 5) is 39.5. The Hall–Kier alpha value is -2.19. The molecule has 1 aromatic rings. The van der Waals surface area contributed by atoms with Crippen molar-refractivity contribution < 1.29 is 19.5 Å². The van der Waals surface area contributed by atoms with E-state index in [0.717, 1.165) is 22.3 Å². The lowest BCUT2D eigenvalue weighted by Crippen LogP contribution is -2.41. The fraction of sp³-hybridized carbons (Fsp3) is 0.250. The number of nitrogens with zero attached hydrogens (tertiary/aromatic N) is 2. The van der Waals surface area contributed by atoms with E-state index in [2.05, 4.69) is 0 Å². The summed E-state index contributed by atoms with van der Waals surface area (Å²) in [6.45, 7) is 3.73. The Kier molecular flexibility index (Phi) is 4.18. The maximum absolute atomic E-state index is 12.8. The predicted molar refractivity (Wildman–Crippen MR) is 95.5 cm³/mol. The molecule has 24 heavy (non-hydrogen) atoms.